The molecule has 0 radical (unpaired) electrons. The van der Waals surface area contributed by atoms with Gasteiger partial charge in [0.1, 0.15) is 6.33 Å². The maximum absolute atomic E-state index is 11.5. The molecule has 0 aromatic carbocycles. The van der Waals surface area contributed by atoms with Gasteiger partial charge in [0, 0.05) is 13.2 Å². The van der Waals surface area contributed by atoms with E-state index in [4.69, 9.17) is 0 Å². The SMILES string of the molecule is Cn1cc(C(=O)Nc2ncn[nH]2)cn1. The van der Waals surface area contributed by atoms with Crippen molar-refractivity contribution in [1.82, 2.24) is 25.0 Å². The van der Waals surface area contributed by atoms with E-state index in [9.17, 15) is 4.79 Å². The van der Waals surface area contributed by atoms with E-state index in [1.54, 1.807) is 17.9 Å². The molecule has 2 N–H and O–H groups in total. The van der Waals surface area contributed by atoms with Gasteiger partial charge in [0.25, 0.3) is 5.91 Å². The first kappa shape index (κ1) is 8.42. The molecule has 0 bridgehead atoms. The van der Waals surface area contributed by atoms with E-state index in [-0.39, 0.29) is 5.91 Å². The van der Waals surface area contributed by atoms with Crippen LogP contribution in [0.4, 0.5) is 5.95 Å². The molecule has 2 aromatic rings. The zero-order valence-corrected chi connectivity index (χ0v) is 7.43. The van der Waals surface area contributed by atoms with Gasteiger partial charge in [0.2, 0.25) is 5.95 Å². The normalized spacial score (nSPS) is 10.1. The van der Waals surface area contributed by atoms with Gasteiger partial charge in [-0.05, 0) is 0 Å². The largest absolute Gasteiger partial charge is 0.291 e. The van der Waals surface area contributed by atoms with Crippen LogP contribution in [0.15, 0.2) is 18.7 Å². The predicted molar refractivity (Wildman–Crippen MR) is 47.5 cm³/mol. The summed E-state index contributed by atoms with van der Waals surface area (Å²) in [6.45, 7) is 0. The molecule has 0 aliphatic carbocycles. The monoisotopic (exact) mass is 192 g/mol. The van der Waals surface area contributed by atoms with Crippen molar-refractivity contribution in [3.05, 3.63) is 24.3 Å². The highest BCUT2D eigenvalue weighted by molar-refractivity contribution is 6.02. The van der Waals surface area contributed by atoms with Gasteiger partial charge in [-0.15, -0.1) is 0 Å². The summed E-state index contributed by atoms with van der Waals surface area (Å²) < 4.78 is 1.55. The number of nitrogens with zero attached hydrogens (tertiary/aromatic N) is 4. The molecule has 0 saturated heterocycles. The van der Waals surface area contributed by atoms with E-state index in [1.165, 1.54) is 12.5 Å². The Morgan fingerprint density at radius 1 is 1.64 bits per heavy atom. The van der Waals surface area contributed by atoms with Crippen LogP contribution in [0.5, 0.6) is 0 Å². The van der Waals surface area contributed by atoms with Crippen LogP contribution in [0.1, 0.15) is 10.4 Å². The van der Waals surface area contributed by atoms with Crippen molar-refractivity contribution in [3.8, 4) is 0 Å². The predicted octanol–water partition coefficient (Wildman–Crippen LogP) is -0.210. The molecule has 0 spiro atoms. The third-order valence-electron chi connectivity index (χ3n) is 1.61. The van der Waals surface area contributed by atoms with E-state index in [0.29, 0.717) is 11.5 Å². The van der Waals surface area contributed by atoms with Crippen molar-refractivity contribution in [3.63, 3.8) is 0 Å². The summed E-state index contributed by atoms with van der Waals surface area (Å²) in [6, 6.07) is 0. The van der Waals surface area contributed by atoms with Crippen molar-refractivity contribution >= 4 is 11.9 Å². The number of hydrogen-bond donors (Lipinski definition) is 2. The number of H-pyrrole nitrogens is 1. The summed E-state index contributed by atoms with van der Waals surface area (Å²) in [5.74, 6) is 0.0497. The second kappa shape index (κ2) is 3.29. The van der Waals surface area contributed by atoms with Gasteiger partial charge in [0.15, 0.2) is 0 Å². The molecule has 7 heteroatoms. The molecule has 0 fully saturated rings. The summed E-state index contributed by atoms with van der Waals surface area (Å²) >= 11 is 0. The third-order valence-corrected chi connectivity index (χ3v) is 1.61. The summed E-state index contributed by atoms with van der Waals surface area (Å²) in [5.41, 5.74) is 0.476. The van der Waals surface area contributed by atoms with Gasteiger partial charge >= 0.3 is 0 Å². The Balaban J connectivity index is 2.10. The quantitative estimate of drug-likeness (QED) is 0.689. The van der Waals surface area contributed by atoms with Gasteiger partial charge in [-0.3, -0.25) is 14.8 Å². The van der Waals surface area contributed by atoms with E-state index < -0.39 is 0 Å². The van der Waals surface area contributed by atoms with E-state index in [2.05, 4.69) is 25.6 Å². The molecule has 0 aliphatic heterocycles. The standard InChI is InChI=1S/C7H8N6O/c1-13-3-5(2-10-13)6(14)11-7-8-4-9-12-7/h2-4H,1H3,(H2,8,9,11,12,14). The maximum atomic E-state index is 11.5. The van der Waals surface area contributed by atoms with Crippen molar-refractivity contribution in [2.75, 3.05) is 5.32 Å². The van der Waals surface area contributed by atoms with Crippen molar-refractivity contribution in [2.24, 2.45) is 7.05 Å². The number of nitrogens with one attached hydrogen (secondary N) is 2. The fraction of sp³-hybridized carbons (Fsp3) is 0.143. The second-order valence-electron chi connectivity index (χ2n) is 2.69. The number of anilines is 1. The minimum absolute atomic E-state index is 0.269. The van der Waals surface area contributed by atoms with Crippen molar-refractivity contribution in [2.45, 2.75) is 0 Å². The topological polar surface area (TPSA) is 88.5 Å². The molecule has 2 aromatic heterocycles. The Morgan fingerprint density at radius 2 is 2.50 bits per heavy atom. The van der Waals surface area contributed by atoms with Gasteiger partial charge in [0.05, 0.1) is 11.8 Å². The first-order valence-corrected chi connectivity index (χ1v) is 3.91. The Labute approximate surface area is 79.2 Å². The number of carbonyl (C=O) groups is 1. The minimum Gasteiger partial charge on any atom is -0.291 e. The van der Waals surface area contributed by atoms with Crippen LogP contribution in [-0.2, 0) is 7.05 Å². The van der Waals surface area contributed by atoms with Gasteiger partial charge in [-0.25, -0.2) is 5.10 Å². The number of aromatic nitrogens is 5. The molecule has 0 aliphatic rings. The maximum Gasteiger partial charge on any atom is 0.261 e. The van der Waals surface area contributed by atoms with Gasteiger partial charge < -0.3 is 0 Å². The lowest BCUT2D eigenvalue weighted by Crippen LogP contribution is -2.12. The van der Waals surface area contributed by atoms with Crippen LogP contribution < -0.4 is 5.32 Å². The fourth-order valence-corrected chi connectivity index (χ4v) is 0.984. The highest BCUT2D eigenvalue weighted by atomic mass is 16.1. The molecule has 2 heterocycles. The zero-order chi connectivity index (χ0) is 9.97. The van der Waals surface area contributed by atoms with Crippen LogP contribution in [0.2, 0.25) is 0 Å². The van der Waals surface area contributed by atoms with E-state index in [1.807, 2.05) is 0 Å². The molecule has 0 unspecified atom stereocenters. The highest BCUT2D eigenvalue weighted by Crippen LogP contribution is 2.00. The number of aryl methyl sites for hydroxylation is 1. The lowest BCUT2D eigenvalue weighted by Gasteiger charge is -1.96. The molecule has 7 nitrogen and oxygen atoms in total. The molecule has 14 heavy (non-hydrogen) atoms. The number of rotatable bonds is 2. The van der Waals surface area contributed by atoms with Crippen LogP contribution in [0.3, 0.4) is 0 Å². The van der Waals surface area contributed by atoms with Crippen LogP contribution in [0, 0.1) is 0 Å². The number of aromatic amines is 1. The first-order chi connectivity index (χ1) is 6.75. The molecule has 0 atom stereocenters. The first-order valence-electron chi connectivity index (χ1n) is 3.91. The molecular weight excluding hydrogens is 184 g/mol. The van der Waals surface area contributed by atoms with Crippen LogP contribution >= 0.6 is 0 Å². The Hall–Kier alpha value is -2.18. The summed E-state index contributed by atoms with van der Waals surface area (Å²) in [5, 5.41) is 12.5. The fourth-order valence-electron chi connectivity index (χ4n) is 0.984. The molecular formula is C7H8N6O. The highest BCUT2D eigenvalue weighted by Gasteiger charge is 2.08. The van der Waals surface area contributed by atoms with Crippen LogP contribution in [-0.4, -0.2) is 30.9 Å². The van der Waals surface area contributed by atoms with E-state index >= 15 is 0 Å². The average molecular weight is 192 g/mol. The van der Waals surface area contributed by atoms with Gasteiger partial charge in [-0.2, -0.15) is 15.2 Å². The lowest BCUT2D eigenvalue weighted by molar-refractivity contribution is 0.102. The molecule has 72 valence electrons. The Kier molecular flexibility index (Phi) is 1.98. The van der Waals surface area contributed by atoms with E-state index in [0.717, 1.165) is 0 Å². The number of hydrogen-bond acceptors (Lipinski definition) is 4. The Bertz CT molecular complexity index is 431. The molecule has 0 saturated carbocycles. The average Bonchev–Trinajstić information content (AvgIpc) is 2.75. The van der Waals surface area contributed by atoms with Gasteiger partial charge in [-0.1, -0.05) is 0 Å². The lowest BCUT2D eigenvalue weighted by atomic mass is 10.3. The number of amides is 1. The van der Waals surface area contributed by atoms with Crippen molar-refractivity contribution in [1.29, 1.82) is 0 Å². The summed E-state index contributed by atoms with van der Waals surface area (Å²) in [6.07, 6.45) is 4.41. The number of carbonyl (C=O) groups excluding carboxylic acids is 1. The zero-order valence-electron chi connectivity index (χ0n) is 7.43. The smallest absolute Gasteiger partial charge is 0.261 e. The van der Waals surface area contributed by atoms with Crippen molar-refractivity contribution < 1.29 is 4.79 Å². The van der Waals surface area contributed by atoms with Crippen LogP contribution in [0.25, 0.3) is 0 Å². The Morgan fingerprint density at radius 3 is 3.07 bits per heavy atom. The summed E-state index contributed by atoms with van der Waals surface area (Å²) in [7, 11) is 1.74. The minimum atomic E-state index is -0.269. The third kappa shape index (κ3) is 1.60. The summed E-state index contributed by atoms with van der Waals surface area (Å²) in [4.78, 5) is 15.2. The molecule has 1 amide bonds. The second-order valence-corrected chi connectivity index (χ2v) is 2.69. The molecule has 2 rings (SSSR count).